The van der Waals surface area contributed by atoms with E-state index >= 15 is 0 Å². The van der Waals surface area contributed by atoms with Gasteiger partial charge < -0.3 is 9.30 Å². The van der Waals surface area contributed by atoms with Gasteiger partial charge in [0.25, 0.3) is 0 Å². The summed E-state index contributed by atoms with van der Waals surface area (Å²) in [6.45, 7) is 0. The number of hydrogen-bond donors (Lipinski definition) is 0. The maximum absolute atomic E-state index is 6.84. The van der Waals surface area contributed by atoms with Crippen LogP contribution in [0.25, 0.3) is 94.5 Å². The Labute approximate surface area is 333 Å². The predicted octanol–water partition coefficient (Wildman–Crippen LogP) is 12.9. The van der Waals surface area contributed by atoms with Gasteiger partial charge in [0.05, 0.1) is 11.0 Å². The average molecular weight is 751 g/mol. The number of fused-ring (bicyclic) bond motifs is 10. The SMILES string of the molecule is C1=Cc2c(sc3c2ccc2c3c3ccccc3n2C2=CC=C3c4c(cccc4-c4nc(-c5ccccc5)nc(-c5ccc(-c6ccccc6)cc5)n4)OC3C2)CC1. The zero-order valence-electron chi connectivity index (χ0n) is 30.9. The molecular formula is C51H34N4OS. The number of benzene rings is 6. The van der Waals surface area contributed by atoms with Crippen LogP contribution in [0.15, 0.2) is 158 Å². The first-order chi connectivity index (χ1) is 28.2. The number of rotatable bonds is 5. The molecule has 0 saturated carbocycles. The molecular weight excluding hydrogens is 717 g/mol. The maximum Gasteiger partial charge on any atom is 0.164 e. The highest BCUT2D eigenvalue weighted by Gasteiger charge is 2.35. The van der Waals surface area contributed by atoms with Gasteiger partial charge in [-0.05, 0) is 53.8 Å². The van der Waals surface area contributed by atoms with Crippen molar-refractivity contribution in [1.82, 2.24) is 19.5 Å². The van der Waals surface area contributed by atoms with Gasteiger partial charge in [-0.2, -0.15) is 0 Å². The molecule has 4 heterocycles. The van der Waals surface area contributed by atoms with Gasteiger partial charge in [0, 0.05) is 65.7 Å². The van der Waals surface area contributed by atoms with E-state index in [1.165, 1.54) is 53.6 Å². The van der Waals surface area contributed by atoms with Crippen LogP contribution in [-0.2, 0) is 6.42 Å². The molecule has 9 aromatic rings. The minimum absolute atomic E-state index is 0.138. The molecule has 0 amide bonds. The van der Waals surface area contributed by atoms with Gasteiger partial charge in [0.1, 0.15) is 11.9 Å². The smallest absolute Gasteiger partial charge is 0.164 e. The fourth-order valence-electron chi connectivity index (χ4n) is 9.00. The fourth-order valence-corrected chi connectivity index (χ4v) is 10.4. The number of ether oxygens (including phenoxy) is 1. The van der Waals surface area contributed by atoms with Crippen LogP contribution < -0.4 is 4.74 Å². The third-order valence-electron chi connectivity index (χ3n) is 11.7. The summed E-state index contributed by atoms with van der Waals surface area (Å²) in [6, 6.07) is 48.8. The highest BCUT2D eigenvalue weighted by Crippen LogP contribution is 2.49. The lowest BCUT2D eigenvalue weighted by Gasteiger charge is -2.21. The van der Waals surface area contributed by atoms with E-state index < -0.39 is 0 Å². The van der Waals surface area contributed by atoms with Crippen molar-refractivity contribution >= 4 is 60.6 Å². The van der Waals surface area contributed by atoms with Crippen molar-refractivity contribution in [3.8, 4) is 51.0 Å². The molecule has 6 heteroatoms. The van der Waals surface area contributed by atoms with E-state index in [1.807, 2.05) is 35.6 Å². The Morgan fingerprint density at radius 2 is 1.30 bits per heavy atom. The average Bonchev–Trinajstić information content (AvgIpc) is 3.96. The van der Waals surface area contributed by atoms with Crippen LogP contribution in [0.1, 0.15) is 28.8 Å². The lowest BCUT2D eigenvalue weighted by atomic mass is 9.91. The molecule has 1 unspecified atom stereocenters. The van der Waals surface area contributed by atoms with E-state index in [4.69, 9.17) is 19.7 Å². The van der Waals surface area contributed by atoms with Crippen molar-refractivity contribution in [3.05, 3.63) is 174 Å². The molecule has 0 N–H and O–H groups in total. The van der Waals surface area contributed by atoms with Gasteiger partial charge in [-0.25, -0.2) is 15.0 Å². The Morgan fingerprint density at radius 3 is 2.12 bits per heavy atom. The highest BCUT2D eigenvalue weighted by atomic mass is 32.1. The van der Waals surface area contributed by atoms with Crippen molar-refractivity contribution in [2.75, 3.05) is 0 Å². The second-order valence-electron chi connectivity index (χ2n) is 15.0. The largest absolute Gasteiger partial charge is 0.485 e. The molecule has 1 aliphatic heterocycles. The Morgan fingerprint density at radius 1 is 0.596 bits per heavy atom. The summed E-state index contributed by atoms with van der Waals surface area (Å²) in [5, 5.41) is 4.01. The van der Waals surface area contributed by atoms with Crippen LogP contribution in [-0.4, -0.2) is 25.6 Å². The normalized spacial score (nSPS) is 15.6. The lowest BCUT2D eigenvalue weighted by molar-refractivity contribution is 0.280. The minimum atomic E-state index is -0.138. The van der Waals surface area contributed by atoms with Gasteiger partial charge in [0.15, 0.2) is 17.5 Å². The number of aromatic nitrogens is 4. The van der Waals surface area contributed by atoms with Crippen LogP contribution >= 0.6 is 11.3 Å². The first-order valence-corrected chi connectivity index (χ1v) is 20.4. The van der Waals surface area contributed by atoms with Crippen LogP contribution in [0.3, 0.4) is 0 Å². The molecule has 3 aliphatic rings. The quantitative estimate of drug-likeness (QED) is 0.176. The Hall–Kier alpha value is -6.89. The second kappa shape index (κ2) is 12.8. The summed E-state index contributed by atoms with van der Waals surface area (Å²) in [5.41, 5.74) is 12.4. The summed E-state index contributed by atoms with van der Waals surface area (Å²) in [5.74, 6) is 2.76. The number of allylic oxidation sites excluding steroid dienone is 3. The fraction of sp³-hybridized carbons (Fsp3) is 0.0784. The van der Waals surface area contributed by atoms with Crippen molar-refractivity contribution in [1.29, 1.82) is 0 Å². The molecule has 12 rings (SSSR count). The zero-order valence-corrected chi connectivity index (χ0v) is 31.7. The summed E-state index contributed by atoms with van der Waals surface area (Å²) in [4.78, 5) is 16.8. The van der Waals surface area contributed by atoms with E-state index in [0.29, 0.717) is 17.5 Å². The van der Waals surface area contributed by atoms with Crippen LogP contribution in [0.2, 0.25) is 0 Å². The molecule has 270 valence electrons. The van der Waals surface area contributed by atoms with E-state index in [9.17, 15) is 0 Å². The van der Waals surface area contributed by atoms with E-state index in [0.717, 1.165) is 58.4 Å². The lowest BCUT2D eigenvalue weighted by Crippen LogP contribution is -2.17. The Kier molecular flexibility index (Phi) is 7.29. The molecule has 57 heavy (non-hydrogen) atoms. The molecule has 0 radical (unpaired) electrons. The number of nitrogens with zero attached hydrogens (tertiary/aromatic N) is 4. The summed E-state index contributed by atoms with van der Waals surface area (Å²) >= 11 is 1.97. The molecule has 5 nitrogen and oxygen atoms in total. The van der Waals surface area contributed by atoms with E-state index in [2.05, 4.69) is 144 Å². The van der Waals surface area contributed by atoms with Gasteiger partial charge >= 0.3 is 0 Å². The second-order valence-corrected chi connectivity index (χ2v) is 16.1. The van der Waals surface area contributed by atoms with Gasteiger partial charge in [-0.3, -0.25) is 0 Å². The third-order valence-corrected chi connectivity index (χ3v) is 13.0. The Balaban J connectivity index is 0.979. The molecule has 1 atom stereocenters. The number of hydrogen-bond acceptors (Lipinski definition) is 5. The zero-order chi connectivity index (χ0) is 37.5. The number of thiophene rings is 1. The molecule has 0 spiro atoms. The van der Waals surface area contributed by atoms with Crippen molar-refractivity contribution in [3.63, 3.8) is 0 Å². The third kappa shape index (κ3) is 5.18. The summed E-state index contributed by atoms with van der Waals surface area (Å²) in [7, 11) is 0. The first kappa shape index (κ1) is 32.4. The summed E-state index contributed by atoms with van der Waals surface area (Å²) in [6.07, 6.45) is 12.0. The molecule has 2 aliphatic carbocycles. The highest BCUT2D eigenvalue weighted by molar-refractivity contribution is 7.20. The summed E-state index contributed by atoms with van der Waals surface area (Å²) < 4.78 is 10.7. The molecule has 0 saturated heterocycles. The molecule has 0 fully saturated rings. The van der Waals surface area contributed by atoms with Gasteiger partial charge in [-0.1, -0.05) is 140 Å². The number of para-hydroxylation sites is 1. The van der Waals surface area contributed by atoms with Crippen molar-refractivity contribution < 1.29 is 4.74 Å². The van der Waals surface area contributed by atoms with Crippen molar-refractivity contribution in [2.45, 2.75) is 25.4 Å². The van der Waals surface area contributed by atoms with Crippen LogP contribution in [0, 0.1) is 0 Å². The van der Waals surface area contributed by atoms with Gasteiger partial charge in [0.2, 0.25) is 0 Å². The predicted molar refractivity (Wildman–Crippen MR) is 235 cm³/mol. The first-order valence-electron chi connectivity index (χ1n) is 19.6. The maximum atomic E-state index is 6.84. The number of aryl methyl sites for hydroxylation is 1. The van der Waals surface area contributed by atoms with Gasteiger partial charge in [-0.15, -0.1) is 11.3 Å². The monoisotopic (exact) mass is 750 g/mol. The van der Waals surface area contributed by atoms with E-state index in [1.54, 1.807) is 0 Å². The standard InChI is InChI=1S/C51H34N4OS/c1-3-12-31(13-4-1)32-22-24-34(25-23-32)50-52-49(33-14-5-2-6-15-33)53-51(54-50)40-18-11-20-43-46(40)39-27-26-35(30-44(39)56-43)55-41-19-9-7-17-38(41)47-42(55)29-28-37-36-16-8-10-21-45(36)57-48(37)47/h1-9,11-20,22-29,44H,10,21,30H2. The topological polar surface area (TPSA) is 52.8 Å². The molecule has 6 aromatic carbocycles. The minimum Gasteiger partial charge on any atom is -0.485 e. The Bertz CT molecular complexity index is 3170. The molecule has 0 bridgehead atoms. The van der Waals surface area contributed by atoms with Crippen LogP contribution in [0.5, 0.6) is 5.75 Å². The van der Waals surface area contributed by atoms with E-state index in [-0.39, 0.29) is 6.10 Å². The van der Waals surface area contributed by atoms with Crippen LogP contribution in [0.4, 0.5) is 0 Å². The molecule has 3 aromatic heterocycles. The van der Waals surface area contributed by atoms with Crippen molar-refractivity contribution in [2.24, 2.45) is 0 Å².